The molecule has 3 aliphatic heterocycles. The summed E-state index contributed by atoms with van der Waals surface area (Å²) in [6, 6.07) is 8.46. The zero-order valence-electron chi connectivity index (χ0n) is 20.4. The number of benzene rings is 1. The molecule has 5 rings (SSSR count). The van der Waals surface area contributed by atoms with Crippen LogP contribution in [0.15, 0.2) is 24.3 Å². The van der Waals surface area contributed by atoms with Crippen molar-refractivity contribution in [3.05, 3.63) is 35.5 Å². The van der Waals surface area contributed by atoms with Gasteiger partial charge in [-0.1, -0.05) is 0 Å². The quantitative estimate of drug-likeness (QED) is 0.700. The first-order chi connectivity index (χ1) is 16.5. The number of morpholine rings is 1. The normalized spacial score (nSPS) is 21.6. The molecule has 1 atom stereocenters. The largest absolute Gasteiger partial charge is 0.377 e. The fourth-order valence-corrected chi connectivity index (χ4v) is 5.09. The van der Waals surface area contributed by atoms with Crippen molar-refractivity contribution in [2.45, 2.75) is 38.9 Å². The van der Waals surface area contributed by atoms with E-state index in [1.807, 2.05) is 31.2 Å². The van der Waals surface area contributed by atoms with Gasteiger partial charge in [0.15, 0.2) is 5.82 Å². The van der Waals surface area contributed by atoms with Gasteiger partial charge in [-0.05, 0) is 51.6 Å². The minimum absolute atomic E-state index is 0.203. The van der Waals surface area contributed by atoms with Crippen molar-refractivity contribution in [3.8, 4) is 11.4 Å². The van der Waals surface area contributed by atoms with E-state index in [-0.39, 0.29) is 12.1 Å². The number of amides is 2. The van der Waals surface area contributed by atoms with E-state index in [9.17, 15) is 4.79 Å². The average molecular weight is 466 g/mol. The maximum atomic E-state index is 11.8. The highest BCUT2D eigenvalue weighted by Crippen LogP contribution is 2.33. The molecule has 34 heavy (non-hydrogen) atoms. The first kappa shape index (κ1) is 23.0. The monoisotopic (exact) mass is 465 g/mol. The number of carbonyl (C=O) groups excluding carboxylic acids is 1. The van der Waals surface area contributed by atoms with Crippen molar-refractivity contribution >= 4 is 17.5 Å². The summed E-state index contributed by atoms with van der Waals surface area (Å²) >= 11 is 0. The molecule has 9 nitrogen and oxygen atoms in total. The summed E-state index contributed by atoms with van der Waals surface area (Å²) in [5.74, 6) is 1.80. The van der Waals surface area contributed by atoms with Crippen LogP contribution in [0.3, 0.4) is 0 Å². The summed E-state index contributed by atoms with van der Waals surface area (Å²) in [4.78, 5) is 29.3. The lowest BCUT2D eigenvalue weighted by molar-refractivity contribution is 0.0423. The Labute approximate surface area is 201 Å². The van der Waals surface area contributed by atoms with Crippen LogP contribution in [0.25, 0.3) is 11.4 Å². The van der Waals surface area contributed by atoms with Gasteiger partial charge >= 0.3 is 6.03 Å². The predicted octanol–water partition coefficient (Wildman–Crippen LogP) is 2.18. The van der Waals surface area contributed by atoms with E-state index < -0.39 is 0 Å². The van der Waals surface area contributed by atoms with Crippen LogP contribution >= 0.6 is 0 Å². The lowest BCUT2D eigenvalue weighted by Gasteiger charge is -2.45. The topological polar surface area (TPSA) is 85.9 Å². The summed E-state index contributed by atoms with van der Waals surface area (Å²) in [5.41, 5.74) is 4.13. The molecular weight excluding hydrogens is 430 g/mol. The van der Waals surface area contributed by atoms with Gasteiger partial charge in [-0.25, -0.2) is 14.8 Å². The molecule has 0 saturated carbocycles. The van der Waals surface area contributed by atoms with Crippen molar-refractivity contribution in [3.63, 3.8) is 0 Å². The van der Waals surface area contributed by atoms with Crippen molar-refractivity contribution in [2.24, 2.45) is 0 Å². The standard InChI is InChI=1S/C25H35N7O2/c1-4-26-25(33)27-19-7-5-18(6-8-19)23-28-22-15-31(20-13-30(3)14-20)10-9-21(22)24(29-23)32-11-12-34-16-17(32)2/h5-8,17,20H,4,9-16H2,1-3H3,(H2,26,27,33). The van der Waals surface area contributed by atoms with E-state index in [1.54, 1.807) is 0 Å². The summed E-state index contributed by atoms with van der Waals surface area (Å²) < 4.78 is 5.70. The van der Waals surface area contributed by atoms with Crippen molar-refractivity contribution in [1.82, 2.24) is 25.1 Å². The first-order valence-electron chi connectivity index (χ1n) is 12.3. The Hall–Kier alpha value is -2.75. The van der Waals surface area contributed by atoms with Gasteiger partial charge in [0.25, 0.3) is 0 Å². The predicted molar refractivity (Wildman–Crippen MR) is 133 cm³/mol. The van der Waals surface area contributed by atoms with Gasteiger partial charge in [0.1, 0.15) is 5.82 Å². The number of nitrogens with zero attached hydrogens (tertiary/aromatic N) is 5. The highest BCUT2D eigenvalue weighted by atomic mass is 16.5. The summed E-state index contributed by atoms with van der Waals surface area (Å²) in [5, 5.41) is 5.60. The molecule has 0 aliphatic carbocycles. The van der Waals surface area contributed by atoms with Crippen LogP contribution < -0.4 is 15.5 Å². The molecule has 2 fully saturated rings. The Kier molecular flexibility index (Phi) is 6.67. The van der Waals surface area contributed by atoms with E-state index in [0.29, 0.717) is 12.6 Å². The Bertz CT molecular complexity index is 1020. The Morgan fingerprint density at radius 2 is 1.97 bits per heavy atom. The molecule has 182 valence electrons. The fraction of sp³-hybridized carbons (Fsp3) is 0.560. The summed E-state index contributed by atoms with van der Waals surface area (Å²) in [6.45, 7) is 11.1. The lowest BCUT2D eigenvalue weighted by atomic mass is 9.99. The third-order valence-corrected chi connectivity index (χ3v) is 7.01. The highest BCUT2D eigenvalue weighted by molar-refractivity contribution is 5.89. The van der Waals surface area contributed by atoms with E-state index in [1.165, 1.54) is 5.56 Å². The van der Waals surface area contributed by atoms with Crippen molar-refractivity contribution in [1.29, 1.82) is 0 Å². The van der Waals surface area contributed by atoms with E-state index in [2.05, 4.69) is 39.3 Å². The van der Waals surface area contributed by atoms with Crippen LogP contribution in [0.1, 0.15) is 25.1 Å². The molecule has 2 N–H and O–H groups in total. The van der Waals surface area contributed by atoms with Crippen molar-refractivity contribution < 1.29 is 9.53 Å². The number of hydrogen-bond acceptors (Lipinski definition) is 7. The average Bonchev–Trinajstić information content (AvgIpc) is 2.82. The third kappa shape index (κ3) is 4.73. The number of ether oxygens (including phenoxy) is 1. The Balaban J connectivity index is 1.45. The number of carbonyl (C=O) groups is 1. The van der Waals surface area contributed by atoms with Gasteiger partial charge in [0.2, 0.25) is 0 Å². The SMILES string of the molecule is CCNC(=O)Nc1ccc(-c2nc3c(c(N4CCOCC4C)n2)CCN(C2CN(C)C2)C3)cc1. The molecule has 3 aliphatic rings. The van der Waals surface area contributed by atoms with Crippen LogP contribution in [0.2, 0.25) is 0 Å². The zero-order valence-corrected chi connectivity index (χ0v) is 20.4. The molecule has 9 heteroatoms. The highest BCUT2D eigenvalue weighted by Gasteiger charge is 2.34. The lowest BCUT2D eigenvalue weighted by Crippen LogP contribution is -2.58. The Morgan fingerprint density at radius 3 is 2.68 bits per heavy atom. The maximum absolute atomic E-state index is 11.8. The van der Waals surface area contributed by atoms with Crippen LogP contribution in [0.4, 0.5) is 16.3 Å². The van der Waals surface area contributed by atoms with Gasteiger partial charge in [-0.3, -0.25) is 4.90 Å². The molecule has 2 amide bonds. The van der Waals surface area contributed by atoms with Crippen LogP contribution in [-0.2, 0) is 17.7 Å². The minimum atomic E-state index is -0.203. The molecule has 1 aromatic heterocycles. The molecule has 2 aromatic rings. The minimum Gasteiger partial charge on any atom is -0.377 e. The Morgan fingerprint density at radius 1 is 1.18 bits per heavy atom. The van der Waals surface area contributed by atoms with Gasteiger partial charge in [0, 0.05) is 62.1 Å². The van der Waals surface area contributed by atoms with Crippen LogP contribution in [-0.4, -0.2) is 90.9 Å². The number of nitrogens with one attached hydrogen (secondary N) is 2. The number of likely N-dealkylation sites (N-methyl/N-ethyl adjacent to an activating group) is 1. The summed E-state index contributed by atoms with van der Waals surface area (Å²) in [7, 11) is 2.18. The molecule has 0 bridgehead atoms. The fourth-order valence-electron chi connectivity index (χ4n) is 5.09. The summed E-state index contributed by atoms with van der Waals surface area (Å²) in [6.07, 6.45) is 0.977. The van der Waals surface area contributed by atoms with Crippen molar-refractivity contribution in [2.75, 3.05) is 63.2 Å². The molecule has 2 saturated heterocycles. The second-order valence-electron chi connectivity index (χ2n) is 9.57. The zero-order chi connectivity index (χ0) is 23.7. The van der Waals surface area contributed by atoms with Gasteiger partial charge in [-0.15, -0.1) is 0 Å². The molecule has 0 radical (unpaired) electrons. The maximum Gasteiger partial charge on any atom is 0.319 e. The molecule has 0 spiro atoms. The molecule has 4 heterocycles. The van der Waals surface area contributed by atoms with Crippen LogP contribution in [0.5, 0.6) is 0 Å². The van der Waals surface area contributed by atoms with E-state index >= 15 is 0 Å². The molecular formula is C25H35N7O2. The second kappa shape index (κ2) is 9.85. The third-order valence-electron chi connectivity index (χ3n) is 7.01. The molecule has 1 aromatic carbocycles. The van der Waals surface area contributed by atoms with Gasteiger partial charge in [0.05, 0.1) is 24.9 Å². The van der Waals surface area contributed by atoms with Gasteiger partial charge in [-0.2, -0.15) is 0 Å². The van der Waals surface area contributed by atoms with Gasteiger partial charge < -0.3 is 25.2 Å². The molecule has 1 unspecified atom stereocenters. The smallest absolute Gasteiger partial charge is 0.319 e. The van der Waals surface area contributed by atoms with E-state index in [0.717, 1.165) is 80.9 Å². The number of urea groups is 1. The number of likely N-dealkylation sites (tertiary alicyclic amines) is 1. The number of hydrogen-bond donors (Lipinski definition) is 2. The number of anilines is 2. The number of fused-ring (bicyclic) bond motifs is 1. The van der Waals surface area contributed by atoms with Crippen LogP contribution in [0, 0.1) is 0 Å². The number of aromatic nitrogens is 2. The number of rotatable bonds is 5. The van der Waals surface area contributed by atoms with E-state index in [4.69, 9.17) is 14.7 Å². The second-order valence-corrected chi connectivity index (χ2v) is 9.57. The first-order valence-corrected chi connectivity index (χ1v) is 12.3.